The summed E-state index contributed by atoms with van der Waals surface area (Å²) in [6.07, 6.45) is 6.40. The molecule has 0 atom stereocenters. The Morgan fingerprint density at radius 1 is 1.26 bits per heavy atom. The summed E-state index contributed by atoms with van der Waals surface area (Å²) in [5.41, 5.74) is 1.31. The smallest absolute Gasteiger partial charge is 0.375 e. The van der Waals surface area contributed by atoms with Crippen molar-refractivity contribution in [3.8, 4) is 11.7 Å². The summed E-state index contributed by atoms with van der Waals surface area (Å²) in [4.78, 5) is 19.2. The summed E-state index contributed by atoms with van der Waals surface area (Å²) in [7, 11) is 0. The maximum atomic E-state index is 11.6. The normalized spacial score (nSPS) is 15.6. The fourth-order valence-electron chi connectivity index (χ4n) is 2.94. The van der Waals surface area contributed by atoms with Crippen molar-refractivity contribution in [3.63, 3.8) is 0 Å². The zero-order valence-corrected chi connectivity index (χ0v) is 13.2. The first-order valence-electron chi connectivity index (χ1n) is 7.76. The third kappa shape index (κ3) is 3.15. The second-order valence-electron chi connectivity index (χ2n) is 5.82. The topological polar surface area (TPSA) is 96.0 Å². The number of hydrogen-bond donors (Lipinski definition) is 0. The lowest BCUT2D eigenvalue weighted by Gasteiger charge is -2.22. The summed E-state index contributed by atoms with van der Waals surface area (Å²) >= 11 is 0. The highest BCUT2D eigenvalue weighted by Gasteiger charge is 2.29. The molecule has 0 aliphatic heterocycles. The highest BCUT2D eigenvalue weighted by atomic mass is 16.6. The van der Waals surface area contributed by atoms with Gasteiger partial charge >= 0.3 is 5.69 Å². The fourth-order valence-corrected chi connectivity index (χ4v) is 2.94. The second-order valence-corrected chi connectivity index (χ2v) is 5.82. The molecule has 0 radical (unpaired) electrons. The van der Waals surface area contributed by atoms with Crippen molar-refractivity contribution in [2.24, 2.45) is 0 Å². The first kappa shape index (κ1) is 15.4. The molecule has 0 aromatic carbocycles. The minimum atomic E-state index is -0.496. The van der Waals surface area contributed by atoms with Gasteiger partial charge in [0.2, 0.25) is 5.82 Å². The van der Waals surface area contributed by atoms with Crippen molar-refractivity contribution in [1.29, 1.82) is 0 Å². The predicted molar refractivity (Wildman–Crippen MR) is 82.8 cm³/mol. The number of nitrogens with zero attached hydrogens (tertiary/aromatic N) is 5. The maximum absolute atomic E-state index is 11.6. The zero-order valence-electron chi connectivity index (χ0n) is 13.2. The third-order valence-electron chi connectivity index (χ3n) is 3.99. The van der Waals surface area contributed by atoms with E-state index in [9.17, 15) is 10.1 Å². The van der Waals surface area contributed by atoms with Gasteiger partial charge in [-0.05, 0) is 45.6 Å². The number of aryl methyl sites for hydroxylation is 2. The summed E-state index contributed by atoms with van der Waals surface area (Å²) in [6.45, 7) is 3.66. The van der Waals surface area contributed by atoms with Crippen molar-refractivity contribution in [2.75, 3.05) is 0 Å². The Hall–Kier alpha value is -2.51. The molecule has 0 bridgehead atoms. The van der Waals surface area contributed by atoms with Crippen LogP contribution in [0.15, 0.2) is 12.4 Å². The Morgan fingerprint density at radius 3 is 2.61 bits per heavy atom. The van der Waals surface area contributed by atoms with Crippen molar-refractivity contribution in [1.82, 2.24) is 19.7 Å². The largest absolute Gasteiger partial charge is 0.469 e. The monoisotopic (exact) mass is 317 g/mol. The van der Waals surface area contributed by atoms with E-state index in [2.05, 4.69) is 15.1 Å². The maximum Gasteiger partial charge on any atom is 0.375 e. The average molecular weight is 317 g/mol. The van der Waals surface area contributed by atoms with Crippen molar-refractivity contribution in [2.45, 2.75) is 52.1 Å². The number of aromatic nitrogens is 4. The Morgan fingerprint density at radius 2 is 2.00 bits per heavy atom. The lowest BCUT2D eigenvalue weighted by molar-refractivity contribution is -0.386. The van der Waals surface area contributed by atoms with E-state index in [-0.39, 0.29) is 23.5 Å². The van der Waals surface area contributed by atoms with E-state index in [0.717, 1.165) is 37.1 Å². The van der Waals surface area contributed by atoms with Gasteiger partial charge in [0.1, 0.15) is 12.4 Å². The number of hydrogen-bond acceptors (Lipinski definition) is 6. The number of ether oxygens (including phenoxy) is 1. The Labute approximate surface area is 133 Å². The summed E-state index contributed by atoms with van der Waals surface area (Å²) in [5, 5.41) is 15.9. The predicted octanol–water partition coefficient (Wildman–Crippen LogP) is 2.90. The third-order valence-corrected chi connectivity index (χ3v) is 3.99. The molecule has 3 rings (SSSR count). The molecule has 8 heteroatoms. The van der Waals surface area contributed by atoms with Crippen molar-refractivity contribution in [3.05, 3.63) is 33.9 Å². The SMILES string of the molecule is Cc1cc(C)n(-c2ncnc(OC3CCCCC3)c2[N+](=O)[O-])n1. The van der Waals surface area contributed by atoms with Gasteiger partial charge in [-0.1, -0.05) is 6.42 Å². The molecule has 0 spiro atoms. The molecule has 2 heterocycles. The van der Waals surface area contributed by atoms with E-state index in [1.807, 2.05) is 19.9 Å². The van der Waals surface area contributed by atoms with Crippen LogP contribution in [0.3, 0.4) is 0 Å². The molecule has 8 nitrogen and oxygen atoms in total. The summed E-state index contributed by atoms with van der Waals surface area (Å²) in [6, 6.07) is 1.84. The van der Waals surface area contributed by atoms with Crippen molar-refractivity contribution >= 4 is 5.69 Å². The van der Waals surface area contributed by atoms with E-state index < -0.39 is 4.92 Å². The highest BCUT2D eigenvalue weighted by Crippen LogP contribution is 2.32. The molecule has 2 aromatic rings. The second kappa shape index (κ2) is 6.31. The Bertz CT molecular complexity index is 722. The molecule has 1 aliphatic carbocycles. The molecule has 1 aliphatic rings. The van der Waals surface area contributed by atoms with Gasteiger partial charge in [0.05, 0.1) is 10.6 Å². The van der Waals surface area contributed by atoms with Gasteiger partial charge in [0.15, 0.2) is 0 Å². The van der Waals surface area contributed by atoms with E-state index in [0.29, 0.717) is 0 Å². The van der Waals surface area contributed by atoms with Crippen LogP contribution in [0.1, 0.15) is 43.5 Å². The molecule has 122 valence electrons. The van der Waals surface area contributed by atoms with Crippen molar-refractivity contribution < 1.29 is 9.66 Å². The van der Waals surface area contributed by atoms with Crippen LogP contribution in [0, 0.1) is 24.0 Å². The summed E-state index contributed by atoms with van der Waals surface area (Å²) < 4.78 is 7.28. The first-order chi connectivity index (χ1) is 11.1. The van der Waals surface area contributed by atoms with Crippen LogP contribution < -0.4 is 4.74 Å². The van der Waals surface area contributed by atoms with E-state index in [4.69, 9.17) is 4.74 Å². The minimum Gasteiger partial charge on any atom is -0.469 e. The van der Waals surface area contributed by atoms with E-state index in [1.54, 1.807) is 0 Å². The lowest BCUT2D eigenvalue weighted by atomic mass is 9.98. The minimum absolute atomic E-state index is 0.0225. The van der Waals surface area contributed by atoms with Gasteiger partial charge in [0.25, 0.3) is 5.88 Å². The van der Waals surface area contributed by atoms with Crippen LogP contribution in [0.2, 0.25) is 0 Å². The van der Waals surface area contributed by atoms with Crippen LogP contribution >= 0.6 is 0 Å². The lowest BCUT2D eigenvalue weighted by Crippen LogP contribution is -2.21. The van der Waals surface area contributed by atoms with Gasteiger partial charge in [0, 0.05) is 5.69 Å². The van der Waals surface area contributed by atoms with Crippen LogP contribution in [-0.2, 0) is 0 Å². The van der Waals surface area contributed by atoms with Gasteiger partial charge in [-0.25, -0.2) is 9.67 Å². The average Bonchev–Trinajstić information content (AvgIpc) is 2.86. The molecule has 2 aromatic heterocycles. The molecule has 0 amide bonds. The quantitative estimate of drug-likeness (QED) is 0.635. The molecule has 0 N–H and O–H groups in total. The molecular weight excluding hydrogens is 298 g/mol. The molecular formula is C15H19N5O3. The summed E-state index contributed by atoms with van der Waals surface area (Å²) in [5.74, 6) is 0.167. The first-order valence-corrected chi connectivity index (χ1v) is 7.76. The molecule has 0 unspecified atom stereocenters. The van der Waals surface area contributed by atoms with Gasteiger partial charge in [-0.2, -0.15) is 10.1 Å². The molecule has 0 saturated heterocycles. The van der Waals surface area contributed by atoms with Gasteiger partial charge in [-0.15, -0.1) is 0 Å². The number of rotatable bonds is 4. The standard InChI is InChI=1S/C15H19N5O3/c1-10-8-11(2)19(18-10)14-13(20(21)22)15(17-9-16-14)23-12-6-4-3-5-7-12/h8-9,12H,3-7H2,1-2H3. The Balaban J connectivity index is 2.01. The zero-order chi connectivity index (χ0) is 16.4. The van der Waals surface area contributed by atoms with E-state index in [1.165, 1.54) is 17.4 Å². The van der Waals surface area contributed by atoms with E-state index >= 15 is 0 Å². The van der Waals surface area contributed by atoms with Gasteiger partial charge in [-0.3, -0.25) is 10.1 Å². The van der Waals surface area contributed by atoms with Gasteiger partial charge < -0.3 is 4.74 Å². The Kier molecular flexibility index (Phi) is 4.22. The van der Waals surface area contributed by atoms with Crippen LogP contribution in [0.4, 0.5) is 5.69 Å². The molecule has 23 heavy (non-hydrogen) atoms. The molecule has 1 fully saturated rings. The number of nitro groups is 1. The highest BCUT2D eigenvalue weighted by molar-refractivity contribution is 5.54. The van der Waals surface area contributed by atoms with Crippen LogP contribution in [-0.4, -0.2) is 30.8 Å². The molecule has 1 saturated carbocycles. The van der Waals surface area contributed by atoms with Crippen LogP contribution in [0.5, 0.6) is 5.88 Å². The fraction of sp³-hybridized carbons (Fsp3) is 0.533. The van der Waals surface area contributed by atoms with Crippen LogP contribution in [0.25, 0.3) is 5.82 Å².